The van der Waals surface area contributed by atoms with Crippen molar-refractivity contribution in [2.24, 2.45) is 0 Å². The molecule has 0 heterocycles. The van der Waals surface area contributed by atoms with Crippen LogP contribution >= 0.6 is 0 Å². The Morgan fingerprint density at radius 3 is 2.35 bits per heavy atom. The summed E-state index contributed by atoms with van der Waals surface area (Å²) in [5, 5.41) is 8.56. The van der Waals surface area contributed by atoms with E-state index in [0.29, 0.717) is 11.3 Å². The molecule has 1 radical (unpaired) electrons. The molecule has 0 saturated heterocycles. The Kier molecular flexibility index (Phi) is 3.94. The fraction of sp³-hybridized carbons (Fsp3) is 0.0667. The first-order valence-electron chi connectivity index (χ1n) is 5.67. The highest BCUT2D eigenvalue weighted by molar-refractivity contribution is 5.45. The summed E-state index contributed by atoms with van der Waals surface area (Å²) in [6.07, 6.45) is -3.37. The molecule has 101 valence electrons. The summed E-state index contributed by atoms with van der Waals surface area (Å²) in [6.45, 7) is 0. The molecule has 2 nitrogen and oxygen atoms in total. The van der Waals surface area contributed by atoms with Crippen LogP contribution in [0.25, 0.3) is 0 Å². The second-order valence-corrected chi connectivity index (χ2v) is 3.94. The van der Waals surface area contributed by atoms with Gasteiger partial charge in [0, 0.05) is 0 Å². The zero-order chi connectivity index (χ0) is 14.6. The lowest BCUT2D eigenvalue weighted by Crippen LogP contribution is -2.07. The van der Waals surface area contributed by atoms with E-state index in [0.717, 1.165) is 12.5 Å². The smallest absolute Gasteiger partial charge is 0.419 e. The lowest BCUT2D eigenvalue weighted by atomic mass is 10.1. The molecule has 0 N–H and O–H groups in total. The Bertz CT molecular complexity index is 630. The number of alkyl halides is 3. The third-order valence-electron chi connectivity index (χ3n) is 2.51. The zero-order valence-corrected chi connectivity index (χ0v) is 10.2. The zero-order valence-electron chi connectivity index (χ0n) is 10.2. The van der Waals surface area contributed by atoms with Gasteiger partial charge in [0.15, 0.2) is 0 Å². The number of ether oxygens (including phenoxy) is 1. The normalized spacial score (nSPS) is 10.9. The van der Waals surface area contributed by atoms with Gasteiger partial charge in [0.05, 0.1) is 18.1 Å². The first-order valence-corrected chi connectivity index (χ1v) is 5.67. The standard InChI is InChI=1S/C15H9F3NO/c16-15(17,18)13-7-6-11(8-9-19)10-14(13)20-12-4-2-1-3-5-12/h1-8,10H. The highest BCUT2D eigenvalue weighted by Crippen LogP contribution is 2.38. The molecule has 0 unspecified atom stereocenters. The minimum Gasteiger partial charge on any atom is -0.457 e. The lowest BCUT2D eigenvalue weighted by Gasteiger charge is -2.14. The van der Waals surface area contributed by atoms with Crippen LogP contribution in [-0.4, -0.2) is 0 Å². The fourth-order valence-corrected chi connectivity index (χ4v) is 1.64. The van der Waals surface area contributed by atoms with Crippen LogP contribution < -0.4 is 4.74 Å². The van der Waals surface area contributed by atoms with Crippen molar-refractivity contribution in [1.82, 2.24) is 0 Å². The van der Waals surface area contributed by atoms with Gasteiger partial charge in [-0.3, -0.25) is 0 Å². The van der Waals surface area contributed by atoms with Crippen LogP contribution in [0.1, 0.15) is 11.1 Å². The van der Waals surface area contributed by atoms with E-state index in [2.05, 4.69) is 0 Å². The molecule has 0 aliphatic carbocycles. The van der Waals surface area contributed by atoms with E-state index in [-0.39, 0.29) is 5.75 Å². The molecule has 0 aliphatic rings. The number of hydrogen-bond donors (Lipinski definition) is 0. The molecule has 0 saturated carbocycles. The van der Waals surface area contributed by atoms with E-state index in [4.69, 9.17) is 10.00 Å². The van der Waals surface area contributed by atoms with E-state index in [1.165, 1.54) is 12.1 Å². The summed E-state index contributed by atoms with van der Waals surface area (Å²) in [6, 6.07) is 13.3. The van der Waals surface area contributed by atoms with Crippen molar-refractivity contribution in [3.05, 3.63) is 66.1 Å². The summed E-state index contributed by atoms with van der Waals surface area (Å²) in [5.41, 5.74) is -0.525. The number of rotatable bonds is 3. The molecule has 5 heteroatoms. The van der Waals surface area contributed by atoms with Gasteiger partial charge in [0.25, 0.3) is 0 Å². The van der Waals surface area contributed by atoms with Gasteiger partial charge in [0.1, 0.15) is 11.5 Å². The van der Waals surface area contributed by atoms with Crippen molar-refractivity contribution in [3.63, 3.8) is 0 Å². The van der Waals surface area contributed by atoms with Crippen LogP contribution in [0.2, 0.25) is 0 Å². The molecule has 0 amide bonds. The Hall–Kier alpha value is -2.48. The first kappa shape index (κ1) is 13.9. The highest BCUT2D eigenvalue weighted by atomic mass is 19.4. The monoisotopic (exact) mass is 276 g/mol. The lowest BCUT2D eigenvalue weighted by molar-refractivity contribution is -0.138. The van der Waals surface area contributed by atoms with Gasteiger partial charge in [-0.1, -0.05) is 24.3 Å². The number of hydrogen-bond acceptors (Lipinski definition) is 2. The number of nitrogens with zero attached hydrogens (tertiary/aromatic N) is 1. The van der Waals surface area contributed by atoms with Gasteiger partial charge >= 0.3 is 6.18 Å². The average molecular weight is 276 g/mol. The summed E-state index contributed by atoms with van der Waals surface area (Å²) < 4.78 is 44.0. The van der Waals surface area contributed by atoms with E-state index < -0.39 is 11.7 Å². The third-order valence-corrected chi connectivity index (χ3v) is 2.51. The van der Waals surface area contributed by atoms with Crippen molar-refractivity contribution in [1.29, 1.82) is 5.26 Å². The summed E-state index contributed by atoms with van der Waals surface area (Å²) >= 11 is 0. The molecule has 0 fully saturated rings. The molecule has 2 rings (SSSR count). The van der Waals surface area contributed by atoms with Gasteiger partial charge in [0.2, 0.25) is 0 Å². The fourth-order valence-electron chi connectivity index (χ4n) is 1.64. The van der Waals surface area contributed by atoms with E-state index in [9.17, 15) is 13.2 Å². The van der Waals surface area contributed by atoms with Gasteiger partial charge in [-0.15, -0.1) is 0 Å². The Balaban J connectivity index is 2.42. The maximum absolute atomic E-state index is 12.9. The van der Waals surface area contributed by atoms with Crippen LogP contribution in [0.5, 0.6) is 11.5 Å². The summed E-state index contributed by atoms with van der Waals surface area (Å²) in [4.78, 5) is 0. The number of benzene rings is 2. The van der Waals surface area contributed by atoms with Crippen molar-refractivity contribution >= 4 is 0 Å². The topological polar surface area (TPSA) is 33.0 Å². The second-order valence-electron chi connectivity index (χ2n) is 3.94. The van der Waals surface area contributed by atoms with Gasteiger partial charge < -0.3 is 4.74 Å². The Morgan fingerprint density at radius 2 is 1.75 bits per heavy atom. The van der Waals surface area contributed by atoms with Crippen molar-refractivity contribution in [2.75, 3.05) is 0 Å². The third kappa shape index (κ3) is 3.29. The molecule has 2 aromatic rings. The molecule has 0 bridgehead atoms. The van der Waals surface area contributed by atoms with Crippen molar-refractivity contribution < 1.29 is 17.9 Å². The highest BCUT2D eigenvalue weighted by Gasteiger charge is 2.34. The van der Waals surface area contributed by atoms with Crippen LogP contribution in [-0.2, 0) is 6.18 Å². The van der Waals surface area contributed by atoms with Crippen molar-refractivity contribution in [2.45, 2.75) is 6.18 Å². The largest absolute Gasteiger partial charge is 0.457 e. The molecule has 20 heavy (non-hydrogen) atoms. The molecule has 0 aliphatic heterocycles. The molecule has 0 atom stereocenters. The number of nitriles is 1. The summed E-state index contributed by atoms with van der Waals surface area (Å²) in [5.74, 6) is -0.0280. The minimum atomic E-state index is -4.52. The van der Waals surface area contributed by atoms with Crippen LogP contribution in [0.15, 0.2) is 48.5 Å². The van der Waals surface area contributed by atoms with Crippen LogP contribution in [0.3, 0.4) is 0 Å². The minimum absolute atomic E-state index is 0.298. The maximum Gasteiger partial charge on any atom is 0.419 e. The van der Waals surface area contributed by atoms with Crippen LogP contribution in [0, 0.1) is 17.8 Å². The van der Waals surface area contributed by atoms with E-state index >= 15 is 0 Å². The molecular formula is C15H9F3NO. The maximum atomic E-state index is 12.9. The molecule has 0 spiro atoms. The second kappa shape index (κ2) is 5.66. The molecule has 0 aromatic heterocycles. The first-order chi connectivity index (χ1) is 9.50. The summed E-state index contributed by atoms with van der Waals surface area (Å²) in [7, 11) is 0. The van der Waals surface area contributed by atoms with Gasteiger partial charge in [-0.25, -0.2) is 0 Å². The van der Waals surface area contributed by atoms with Crippen LogP contribution in [0.4, 0.5) is 13.2 Å². The molecule has 2 aromatic carbocycles. The van der Waals surface area contributed by atoms with E-state index in [1.54, 1.807) is 36.4 Å². The van der Waals surface area contributed by atoms with Gasteiger partial charge in [-0.2, -0.15) is 18.4 Å². The Morgan fingerprint density at radius 1 is 1.05 bits per heavy atom. The Labute approximate surface area is 114 Å². The predicted molar refractivity (Wildman–Crippen MR) is 67.0 cm³/mol. The average Bonchev–Trinajstić information content (AvgIpc) is 2.39. The van der Waals surface area contributed by atoms with Crippen molar-refractivity contribution in [3.8, 4) is 17.6 Å². The predicted octanol–water partition coefficient (Wildman–Crippen LogP) is 4.57. The van der Waals surface area contributed by atoms with E-state index in [1.807, 2.05) is 0 Å². The van der Waals surface area contributed by atoms with Gasteiger partial charge in [-0.05, 0) is 29.8 Å². The SMILES string of the molecule is N#C[CH]c1ccc(C(F)(F)F)c(Oc2ccccc2)c1. The number of para-hydroxylation sites is 1. The number of halogens is 3. The molecular weight excluding hydrogens is 267 g/mol. The quantitative estimate of drug-likeness (QED) is 0.822.